The summed E-state index contributed by atoms with van der Waals surface area (Å²) in [4.78, 5) is 13.2. The Hall–Kier alpha value is -3.71. The van der Waals surface area contributed by atoms with Crippen LogP contribution >= 0.6 is 0 Å². The van der Waals surface area contributed by atoms with E-state index in [9.17, 15) is 13.2 Å². The molecule has 0 unspecified atom stereocenters. The molecule has 168 valence electrons. The first-order chi connectivity index (χ1) is 15.9. The van der Waals surface area contributed by atoms with Gasteiger partial charge in [0.1, 0.15) is 5.75 Å². The maximum atomic E-state index is 13.1. The number of nitrogens with one attached hydrogen (secondary N) is 1. The normalized spacial score (nSPS) is 14.5. The molecule has 1 aliphatic carbocycles. The largest absolute Gasteiger partial charge is 0.494 e. The molecular formula is C26H24N2O4S. The molecule has 0 fully saturated rings. The van der Waals surface area contributed by atoms with Gasteiger partial charge in [-0.2, -0.15) is 12.8 Å². The summed E-state index contributed by atoms with van der Waals surface area (Å²) < 4.78 is 35.6. The number of hydrogen-bond acceptors (Lipinski definition) is 5. The van der Waals surface area contributed by atoms with E-state index < -0.39 is 10.0 Å². The smallest absolute Gasteiger partial charge is 0.282 e. The number of nitrogens with zero attached hydrogens (tertiary/aromatic N) is 1. The zero-order valence-corrected chi connectivity index (χ0v) is 19.2. The van der Waals surface area contributed by atoms with Crippen LogP contribution in [0.4, 0.5) is 5.69 Å². The van der Waals surface area contributed by atoms with E-state index in [2.05, 4.69) is 9.71 Å². The summed E-state index contributed by atoms with van der Waals surface area (Å²) in [5.41, 5.74) is 3.04. The van der Waals surface area contributed by atoms with Gasteiger partial charge in [-0.05, 0) is 61.4 Å². The number of hydrogen-bond donors (Lipinski definition) is 1. The predicted octanol–water partition coefficient (Wildman–Crippen LogP) is 5.02. The van der Waals surface area contributed by atoms with Gasteiger partial charge in [-0.3, -0.25) is 4.79 Å². The van der Waals surface area contributed by atoms with Crippen LogP contribution in [0.25, 0.3) is 0 Å². The second-order valence-corrected chi connectivity index (χ2v) is 9.07. The molecule has 0 saturated carbocycles. The fraction of sp³-hybridized carbons (Fsp3) is 0.154. The lowest BCUT2D eigenvalue weighted by Crippen LogP contribution is -2.22. The molecule has 1 aliphatic rings. The number of carbonyl (C=O) groups excluding carboxylic acids is 1. The standard InChI is InChI=1S/C26H24N2O4S/c1-3-18-9-15-21(16-10-18)33(30,31)28-24-17-25(26(29)23-8-6-5-7-22(23)24)27-19-11-13-20(14-12-19)32-4-2/h5-17,27H,3-4H2,1-2H3/b28-24+. The average Bonchev–Trinajstić information content (AvgIpc) is 2.83. The zero-order chi connectivity index (χ0) is 23.4. The Balaban J connectivity index is 1.73. The number of allylic oxidation sites excluding steroid dienone is 2. The van der Waals surface area contributed by atoms with Gasteiger partial charge in [0.2, 0.25) is 5.78 Å². The number of benzene rings is 3. The highest BCUT2D eigenvalue weighted by molar-refractivity contribution is 7.90. The van der Waals surface area contributed by atoms with E-state index in [1.165, 1.54) is 6.08 Å². The lowest BCUT2D eigenvalue weighted by atomic mass is 9.92. The van der Waals surface area contributed by atoms with Gasteiger partial charge in [0.05, 0.1) is 22.9 Å². The molecular weight excluding hydrogens is 436 g/mol. The number of ketones is 1. The van der Waals surface area contributed by atoms with E-state index in [-0.39, 0.29) is 22.1 Å². The second kappa shape index (κ2) is 9.42. The molecule has 3 aromatic rings. The fourth-order valence-electron chi connectivity index (χ4n) is 3.53. The van der Waals surface area contributed by atoms with Crippen LogP contribution in [0.1, 0.15) is 35.3 Å². The van der Waals surface area contributed by atoms with Gasteiger partial charge in [-0.1, -0.05) is 43.3 Å². The minimum atomic E-state index is -3.97. The second-order valence-electron chi connectivity index (χ2n) is 7.46. The number of anilines is 1. The molecule has 7 heteroatoms. The van der Waals surface area contributed by atoms with Gasteiger partial charge < -0.3 is 10.1 Å². The summed E-state index contributed by atoms with van der Waals surface area (Å²) >= 11 is 0. The molecule has 0 amide bonds. The average molecular weight is 461 g/mol. The Labute approximate surface area is 193 Å². The van der Waals surface area contributed by atoms with Crippen molar-refractivity contribution >= 4 is 27.2 Å². The molecule has 0 saturated heterocycles. The van der Waals surface area contributed by atoms with Crippen LogP contribution < -0.4 is 10.1 Å². The molecule has 0 aliphatic heterocycles. The fourth-order valence-corrected chi connectivity index (χ4v) is 4.53. The Morgan fingerprint density at radius 2 is 1.55 bits per heavy atom. The Morgan fingerprint density at radius 1 is 0.879 bits per heavy atom. The lowest BCUT2D eigenvalue weighted by molar-refractivity contribution is 0.103. The van der Waals surface area contributed by atoms with Crippen molar-refractivity contribution in [1.29, 1.82) is 0 Å². The van der Waals surface area contributed by atoms with Gasteiger partial charge in [0, 0.05) is 16.8 Å². The number of sulfonamides is 1. The van der Waals surface area contributed by atoms with Gasteiger partial charge in [-0.25, -0.2) is 0 Å². The minimum absolute atomic E-state index is 0.107. The van der Waals surface area contributed by atoms with Gasteiger partial charge in [0.25, 0.3) is 10.0 Å². The summed E-state index contributed by atoms with van der Waals surface area (Å²) in [6.07, 6.45) is 2.30. The highest BCUT2D eigenvalue weighted by atomic mass is 32.2. The Morgan fingerprint density at radius 3 is 2.18 bits per heavy atom. The highest BCUT2D eigenvalue weighted by Gasteiger charge is 2.26. The van der Waals surface area contributed by atoms with Crippen LogP contribution in [0.5, 0.6) is 5.75 Å². The third kappa shape index (κ3) is 4.88. The summed E-state index contributed by atoms with van der Waals surface area (Å²) in [7, 11) is -3.97. The van der Waals surface area contributed by atoms with Crippen molar-refractivity contribution in [3.05, 3.63) is 101 Å². The van der Waals surface area contributed by atoms with Crippen molar-refractivity contribution in [2.75, 3.05) is 11.9 Å². The SMILES string of the molecule is CCOc1ccc(NC2=C/C(=N\S(=O)(=O)c3ccc(CC)cc3)c3ccccc3C2=O)cc1. The third-order valence-electron chi connectivity index (χ3n) is 5.27. The van der Waals surface area contributed by atoms with E-state index >= 15 is 0 Å². The molecule has 0 radical (unpaired) electrons. The summed E-state index contributed by atoms with van der Waals surface area (Å²) in [5, 5.41) is 3.09. The van der Waals surface area contributed by atoms with Gasteiger partial charge in [-0.15, -0.1) is 0 Å². The molecule has 1 N–H and O–H groups in total. The van der Waals surface area contributed by atoms with E-state index in [4.69, 9.17) is 4.74 Å². The monoisotopic (exact) mass is 460 g/mol. The van der Waals surface area contributed by atoms with Crippen LogP contribution in [0, 0.1) is 0 Å². The van der Waals surface area contributed by atoms with Crippen LogP contribution in [0.2, 0.25) is 0 Å². The number of rotatable bonds is 7. The van der Waals surface area contributed by atoms with Gasteiger partial charge >= 0.3 is 0 Å². The first-order valence-electron chi connectivity index (χ1n) is 10.7. The number of fused-ring (bicyclic) bond motifs is 1. The van der Waals surface area contributed by atoms with Crippen molar-refractivity contribution in [3.63, 3.8) is 0 Å². The Bertz CT molecular complexity index is 1340. The van der Waals surface area contributed by atoms with Crippen molar-refractivity contribution < 1.29 is 17.9 Å². The number of aryl methyl sites for hydroxylation is 1. The maximum Gasteiger partial charge on any atom is 0.282 e. The van der Waals surface area contributed by atoms with Crippen molar-refractivity contribution in [3.8, 4) is 5.75 Å². The summed E-state index contributed by atoms with van der Waals surface area (Å²) in [6, 6.07) is 20.7. The lowest BCUT2D eigenvalue weighted by Gasteiger charge is -2.19. The van der Waals surface area contributed by atoms with Crippen molar-refractivity contribution in [2.45, 2.75) is 25.2 Å². The number of Topliss-reactive ketones (excluding diaryl/α,β-unsaturated/α-hetero) is 1. The maximum absolute atomic E-state index is 13.1. The molecule has 6 nitrogen and oxygen atoms in total. The Kier molecular flexibility index (Phi) is 6.42. The quantitative estimate of drug-likeness (QED) is 0.535. The highest BCUT2D eigenvalue weighted by Crippen LogP contribution is 2.26. The van der Waals surface area contributed by atoms with Crippen molar-refractivity contribution in [2.24, 2.45) is 4.40 Å². The van der Waals surface area contributed by atoms with Crippen molar-refractivity contribution in [1.82, 2.24) is 0 Å². The molecule has 0 atom stereocenters. The van der Waals surface area contributed by atoms with Gasteiger partial charge in [0.15, 0.2) is 0 Å². The molecule has 3 aromatic carbocycles. The minimum Gasteiger partial charge on any atom is -0.494 e. The molecule has 0 bridgehead atoms. The molecule has 33 heavy (non-hydrogen) atoms. The van der Waals surface area contributed by atoms with E-state index in [1.807, 2.05) is 13.8 Å². The number of ether oxygens (including phenoxy) is 1. The zero-order valence-electron chi connectivity index (χ0n) is 18.4. The first-order valence-corrected chi connectivity index (χ1v) is 12.1. The third-order valence-corrected chi connectivity index (χ3v) is 6.57. The van der Waals surface area contributed by atoms with E-state index in [1.54, 1.807) is 72.8 Å². The molecule has 0 aromatic heterocycles. The van der Waals surface area contributed by atoms with Crippen LogP contribution in [-0.2, 0) is 16.4 Å². The van der Waals surface area contributed by atoms with Crippen LogP contribution in [0.15, 0.2) is 93.9 Å². The van der Waals surface area contributed by atoms with E-state index in [0.717, 1.165) is 17.7 Å². The first kappa shape index (κ1) is 22.5. The predicted molar refractivity (Wildman–Crippen MR) is 130 cm³/mol. The van der Waals surface area contributed by atoms with E-state index in [0.29, 0.717) is 23.4 Å². The molecule has 0 heterocycles. The summed E-state index contributed by atoms with van der Waals surface area (Å²) in [6.45, 7) is 4.47. The molecule has 0 spiro atoms. The topological polar surface area (TPSA) is 84.8 Å². The van der Waals surface area contributed by atoms with Crippen LogP contribution in [-0.4, -0.2) is 26.5 Å². The summed E-state index contributed by atoms with van der Waals surface area (Å²) in [5.74, 6) is 0.489. The van der Waals surface area contributed by atoms with Crippen LogP contribution in [0.3, 0.4) is 0 Å². The molecule has 4 rings (SSSR count). The number of carbonyl (C=O) groups is 1.